The average Bonchev–Trinajstić information content (AvgIpc) is 2.90. The molecule has 1 aliphatic carbocycles. The van der Waals surface area contributed by atoms with Crippen molar-refractivity contribution in [2.75, 3.05) is 13.1 Å². The zero-order valence-corrected chi connectivity index (χ0v) is 12.3. The second kappa shape index (κ2) is 6.38. The van der Waals surface area contributed by atoms with Gasteiger partial charge in [0.1, 0.15) is 0 Å². The summed E-state index contributed by atoms with van der Waals surface area (Å²) >= 11 is 0. The van der Waals surface area contributed by atoms with E-state index in [-0.39, 0.29) is 11.6 Å². The molecule has 2 aliphatic rings. The Morgan fingerprint density at radius 2 is 1.67 bits per heavy atom. The number of hydrogen-bond donors (Lipinski definition) is 1. The van der Waals surface area contributed by atoms with Crippen molar-refractivity contribution in [3.63, 3.8) is 0 Å². The van der Waals surface area contributed by atoms with Crippen LogP contribution in [0.3, 0.4) is 0 Å². The van der Waals surface area contributed by atoms with Crippen LogP contribution in [0.4, 0.5) is 0 Å². The Hall–Kier alpha value is -0.0800. The number of nitrogens with zero attached hydrogens (tertiary/aromatic N) is 1. The molecule has 2 heteroatoms. The van der Waals surface area contributed by atoms with Crippen molar-refractivity contribution in [1.29, 1.82) is 0 Å². The van der Waals surface area contributed by atoms with Gasteiger partial charge in [-0.15, -0.1) is 0 Å². The number of piperidine rings is 1. The molecule has 2 fully saturated rings. The van der Waals surface area contributed by atoms with E-state index in [1.54, 1.807) is 0 Å². The maximum atomic E-state index is 10.8. The summed E-state index contributed by atoms with van der Waals surface area (Å²) < 4.78 is 0. The molecule has 106 valence electrons. The normalized spacial score (nSPS) is 28.2. The molecule has 0 radical (unpaired) electrons. The van der Waals surface area contributed by atoms with Gasteiger partial charge < -0.3 is 5.11 Å². The number of hydrogen-bond acceptors (Lipinski definition) is 2. The Bertz CT molecular complexity index is 241. The predicted octanol–water partition coefficient (Wildman–Crippen LogP) is 3.58. The Kier molecular flexibility index (Phi) is 5.08. The second-order valence-electron chi connectivity index (χ2n) is 6.62. The lowest BCUT2D eigenvalue weighted by Crippen LogP contribution is -2.56. The molecule has 2 unspecified atom stereocenters. The number of aliphatic hydroxyl groups is 1. The first-order valence-corrected chi connectivity index (χ1v) is 8.12. The topological polar surface area (TPSA) is 23.5 Å². The Morgan fingerprint density at radius 3 is 2.22 bits per heavy atom. The molecule has 0 aromatic heterocycles. The van der Waals surface area contributed by atoms with Crippen LogP contribution in [0.2, 0.25) is 0 Å². The molecular formula is C16H31NO. The fraction of sp³-hybridized carbons (Fsp3) is 1.00. The van der Waals surface area contributed by atoms with Gasteiger partial charge in [0, 0.05) is 5.54 Å². The van der Waals surface area contributed by atoms with Gasteiger partial charge in [-0.2, -0.15) is 0 Å². The highest BCUT2D eigenvalue weighted by atomic mass is 16.3. The van der Waals surface area contributed by atoms with Crippen molar-refractivity contribution < 1.29 is 5.11 Å². The average molecular weight is 253 g/mol. The standard InChI is InChI=1S/C16H31NO/c1-3-14(2)13-15(18)16(9-5-6-10-16)17-11-7-4-8-12-17/h14-15,18H,3-13H2,1-2H3. The number of likely N-dealkylation sites (tertiary alicyclic amines) is 1. The molecule has 0 aromatic rings. The van der Waals surface area contributed by atoms with Gasteiger partial charge in [-0.3, -0.25) is 4.90 Å². The summed E-state index contributed by atoms with van der Waals surface area (Å²) in [5.41, 5.74) is 0.143. The van der Waals surface area contributed by atoms with Gasteiger partial charge in [-0.05, 0) is 51.1 Å². The Balaban J connectivity index is 2.05. The molecule has 2 atom stereocenters. The van der Waals surface area contributed by atoms with Gasteiger partial charge in [-0.25, -0.2) is 0 Å². The van der Waals surface area contributed by atoms with E-state index in [0.29, 0.717) is 5.92 Å². The van der Waals surface area contributed by atoms with E-state index in [1.807, 2.05) is 0 Å². The van der Waals surface area contributed by atoms with Crippen LogP contribution in [-0.2, 0) is 0 Å². The summed E-state index contributed by atoms with van der Waals surface area (Å²) in [5, 5.41) is 10.8. The molecule has 0 amide bonds. The van der Waals surface area contributed by atoms with Crippen molar-refractivity contribution in [3.05, 3.63) is 0 Å². The molecule has 2 nitrogen and oxygen atoms in total. The first-order valence-electron chi connectivity index (χ1n) is 8.12. The zero-order valence-electron chi connectivity index (χ0n) is 12.3. The summed E-state index contributed by atoms with van der Waals surface area (Å²) in [4.78, 5) is 2.65. The molecule has 0 aromatic carbocycles. The van der Waals surface area contributed by atoms with E-state index in [0.717, 1.165) is 6.42 Å². The fourth-order valence-corrected chi connectivity index (χ4v) is 3.95. The maximum Gasteiger partial charge on any atom is 0.0726 e. The molecule has 18 heavy (non-hydrogen) atoms. The number of aliphatic hydroxyl groups excluding tert-OH is 1. The Morgan fingerprint density at radius 1 is 1.06 bits per heavy atom. The van der Waals surface area contributed by atoms with Gasteiger partial charge >= 0.3 is 0 Å². The summed E-state index contributed by atoms with van der Waals surface area (Å²) in [7, 11) is 0. The summed E-state index contributed by atoms with van der Waals surface area (Å²) in [6, 6.07) is 0. The quantitative estimate of drug-likeness (QED) is 0.809. The molecule has 2 rings (SSSR count). The molecular weight excluding hydrogens is 222 g/mol. The van der Waals surface area contributed by atoms with Crippen molar-refractivity contribution in [1.82, 2.24) is 4.90 Å². The SMILES string of the molecule is CCC(C)CC(O)C1(N2CCCCC2)CCCC1. The molecule has 1 saturated heterocycles. The summed E-state index contributed by atoms with van der Waals surface area (Å²) in [6.45, 7) is 6.96. The predicted molar refractivity (Wildman–Crippen MR) is 76.7 cm³/mol. The summed E-state index contributed by atoms with van der Waals surface area (Å²) in [5.74, 6) is 0.655. The highest BCUT2D eigenvalue weighted by Gasteiger charge is 2.45. The third kappa shape index (κ3) is 2.91. The second-order valence-corrected chi connectivity index (χ2v) is 6.62. The van der Waals surface area contributed by atoms with Gasteiger partial charge in [-0.1, -0.05) is 39.5 Å². The molecule has 1 saturated carbocycles. The van der Waals surface area contributed by atoms with E-state index < -0.39 is 0 Å². The number of rotatable bonds is 5. The first kappa shape index (κ1) is 14.3. The van der Waals surface area contributed by atoms with Gasteiger partial charge in [0.15, 0.2) is 0 Å². The van der Waals surface area contributed by atoms with Crippen molar-refractivity contribution in [2.24, 2.45) is 5.92 Å². The highest BCUT2D eigenvalue weighted by Crippen LogP contribution is 2.41. The highest BCUT2D eigenvalue weighted by molar-refractivity contribution is 5.01. The maximum absolute atomic E-state index is 10.8. The van der Waals surface area contributed by atoms with Gasteiger partial charge in [0.25, 0.3) is 0 Å². The van der Waals surface area contributed by atoms with Crippen molar-refractivity contribution >= 4 is 0 Å². The Labute approximate surface area is 113 Å². The first-order chi connectivity index (χ1) is 8.69. The van der Waals surface area contributed by atoms with E-state index in [2.05, 4.69) is 18.7 Å². The van der Waals surface area contributed by atoms with Crippen molar-refractivity contribution in [3.8, 4) is 0 Å². The van der Waals surface area contributed by atoms with Crippen LogP contribution in [0.5, 0.6) is 0 Å². The van der Waals surface area contributed by atoms with Crippen molar-refractivity contribution in [2.45, 2.75) is 83.3 Å². The molecule has 1 aliphatic heterocycles. The minimum absolute atomic E-state index is 0.104. The third-order valence-electron chi connectivity index (χ3n) is 5.40. The lowest BCUT2D eigenvalue weighted by Gasteiger charge is -2.47. The van der Waals surface area contributed by atoms with E-state index in [1.165, 1.54) is 64.5 Å². The van der Waals surface area contributed by atoms with Crippen LogP contribution < -0.4 is 0 Å². The van der Waals surface area contributed by atoms with Crippen LogP contribution in [-0.4, -0.2) is 34.7 Å². The largest absolute Gasteiger partial charge is 0.391 e. The minimum atomic E-state index is -0.104. The smallest absolute Gasteiger partial charge is 0.0726 e. The van der Waals surface area contributed by atoms with Gasteiger partial charge in [0.05, 0.1) is 6.10 Å². The minimum Gasteiger partial charge on any atom is -0.391 e. The molecule has 0 bridgehead atoms. The van der Waals surface area contributed by atoms with Crippen LogP contribution in [0.15, 0.2) is 0 Å². The third-order valence-corrected chi connectivity index (χ3v) is 5.40. The fourth-order valence-electron chi connectivity index (χ4n) is 3.95. The lowest BCUT2D eigenvalue weighted by molar-refractivity contribution is -0.0481. The van der Waals surface area contributed by atoms with Crippen LogP contribution in [0, 0.1) is 5.92 Å². The molecule has 0 spiro atoms. The van der Waals surface area contributed by atoms with E-state index in [9.17, 15) is 5.11 Å². The van der Waals surface area contributed by atoms with Crippen LogP contribution in [0.25, 0.3) is 0 Å². The van der Waals surface area contributed by atoms with Crippen LogP contribution >= 0.6 is 0 Å². The van der Waals surface area contributed by atoms with E-state index in [4.69, 9.17) is 0 Å². The lowest BCUT2D eigenvalue weighted by atomic mass is 9.82. The monoisotopic (exact) mass is 253 g/mol. The van der Waals surface area contributed by atoms with Gasteiger partial charge in [0.2, 0.25) is 0 Å². The van der Waals surface area contributed by atoms with Crippen LogP contribution in [0.1, 0.15) is 71.6 Å². The summed E-state index contributed by atoms with van der Waals surface area (Å²) in [6.07, 6.45) is 11.2. The molecule has 1 N–H and O–H groups in total. The molecule has 1 heterocycles. The zero-order chi connectivity index (χ0) is 13.0. The van der Waals surface area contributed by atoms with E-state index >= 15 is 0 Å².